The van der Waals surface area contributed by atoms with Crippen LogP contribution < -0.4 is 0 Å². The molecule has 5 nitrogen and oxygen atoms in total. The Labute approximate surface area is 160 Å². The van der Waals surface area contributed by atoms with Crippen LogP contribution in [0.15, 0.2) is 76.2 Å². The smallest absolute Gasteiger partial charge is 0.373 e. The van der Waals surface area contributed by atoms with Crippen molar-refractivity contribution in [2.24, 2.45) is 0 Å². The van der Waals surface area contributed by atoms with Crippen molar-refractivity contribution in [3.05, 3.63) is 78.3 Å². The molecule has 27 heavy (non-hydrogen) atoms. The molecule has 0 unspecified atom stereocenters. The van der Waals surface area contributed by atoms with Gasteiger partial charge in [0.2, 0.25) is 5.76 Å². The summed E-state index contributed by atoms with van der Waals surface area (Å²) in [4.78, 5) is 11.4. The van der Waals surface area contributed by atoms with E-state index in [0.29, 0.717) is 11.5 Å². The Bertz CT molecular complexity index is 1090. The van der Waals surface area contributed by atoms with E-state index in [1.807, 2.05) is 24.3 Å². The summed E-state index contributed by atoms with van der Waals surface area (Å²) in [5.74, 6) is 0.957. The summed E-state index contributed by atoms with van der Waals surface area (Å²) in [6, 6.07) is 21.7. The van der Waals surface area contributed by atoms with Crippen LogP contribution in [0.1, 0.15) is 16.3 Å². The molecule has 0 atom stereocenters. The van der Waals surface area contributed by atoms with Crippen molar-refractivity contribution in [1.29, 1.82) is 0 Å². The molecule has 0 saturated heterocycles. The van der Waals surface area contributed by atoms with Gasteiger partial charge in [0.15, 0.2) is 0 Å². The van der Waals surface area contributed by atoms with Gasteiger partial charge < -0.3 is 9.15 Å². The Hall–Kier alpha value is -3.12. The quantitative estimate of drug-likeness (QED) is 0.362. The van der Waals surface area contributed by atoms with E-state index >= 15 is 0 Å². The second kappa shape index (κ2) is 7.63. The average molecular weight is 376 g/mol. The number of hydrogen-bond donors (Lipinski definition) is 0. The Morgan fingerprint density at radius 1 is 1.00 bits per heavy atom. The third kappa shape index (κ3) is 3.85. The van der Waals surface area contributed by atoms with Crippen LogP contribution >= 0.6 is 11.8 Å². The molecule has 0 saturated carbocycles. The van der Waals surface area contributed by atoms with Crippen LogP contribution in [0.5, 0.6) is 0 Å². The Balaban J connectivity index is 1.45. The fourth-order valence-electron chi connectivity index (χ4n) is 2.71. The number of fused-ring (bicyclic) bond motifs is 1. The molecule has 4 aromatic rings. The third-order valence-electron chi connectivity index (χ3n) is 4.10. The molecule has 4 rings (SSSR count). The predicted octanol–water partition coefficient (Wildman–Crippen LogP) is 4.97. The zero-order valence-corrected chi connectivity index (χ0v) is 15.4. The van der Waals surface area contributed by atoms with E-state index in [1.165, 1.54) is 29.6 Å². The van der Waals surface area contributed by atoms with Gasteiger partial charge in [-0.2, -0.15) is 0 Å². The summed E-state index contributed by atoms with van der Waals surface area (Å²) in [5, 5.41) is 11.8. The summed E-state index contributed by atoms with van der Waals surface area (Å²) < 4.78 is 10.1. The van der Waals surface area contributed by atoms with Gasteiger partial charge in [-0.25, -0.2) is 4.79 Å². The first-order chi connectivity index (χ1) is 13.2. The summed E-state index contributed by atoms with van der Waals surface area (Å²) >= 11 is 1.49. The van der Waals surface area contributed by atoms with E-state index in [9.17, 15) is 4.79 Å². The number of rotatable bonds is 5. The van der Waals surface area contributed by atoms with Crippen molar-refractivity contribution < 1.29 is 13.9 Å². The number of carbonyl (C=O) groups excluding carboxylic acids is 1. The highest BCUT2D eigenvalue weighted by Gasteiger charge is 2.11. The molecule has 0 aliphatic carbocycles. The van der Waals surface area contributed by atoms with Crippen LogP contribution in [0.3, 0.4) is 0 Å². The molecular formula is C21H16N2O3S. The summed E-state index contributed by atoms with van der Waals surface area (Å²) in [6.07, 6.45) is 0. The van der Waals surface area contributed by atoms with Crippen LogP contribution in [0.4, 0.5) is 0 Å². The Morgan fingerprint density at radius 3 is 2.63 bits per heavy atom. The van der Waals surface area contributed by atoms with Crippen LogP contribution in [0.25, 0.3) is 22.0 Å². The first-order valence-corrected chi connectivity index (χ1v) is 9.34. The van der Waals surface area contributed by atoms with Crippen LogP contribution in [-0.4, -0.2) is 23.3 Å². The number of aromatic nitrogens is 2. The lowest BCUT2D eigenvalue weighted by molar-refractivity contribution is 0.0563. The number of ether oxygens (including phenoxy) is 1. The Morgan fingerprint density at radius 2 is 1.85 bits per heavy atom. The van der Waals surface area contributed by atoms with E-state index < -0.39 is 5.97 Å². The molecule has 0 N–H and O–H groups in total. The van der Waals surface area contributed by atoms with Gasteiger partial charge in [-0.1, -0.05) is 48.2 Å². The molecule has 0 fully saturated rings. The van der Waals surface area contributed by atoms with Gasteiger partial charge in [0.25, 0.3) is 0 Å². The minimum atomic E-state index is -0.481. The van der Waals surface area contributed by atoms with Gasteiger partial charge in [-0.05, 0) is 41.1 Å². The van der Waals surface area contributed by atoms with Gasteiger partial charge in [-0.15, -0.1) is 10.2 Å². The molecule has 2 aromatic heterocycles. The Kier molecular flexibility index (Phi) is 4.89. The number of carbonyl (C=O) groups is 1. The minimum Gasteiger partial charge on any atom is -0.463 e. The molecule has 0 aliphatic heterocycles. The molecule has 2 aromatic carbocycles. The van der Waals surface area contributed by atoms with E-state index in [4.69, 9.17) is 4.42 Å². The largest absolute Gasteiger partial charge is 0.463 e. The van der Waals surface area contributed by atoms with E-state index in [1.54, 1.807) is 12.1 Å². The highest BCUT2D eigenvalue weighted by atomic mass is 32.2. The van der Waals surface area contributed by atoms with Crippen molar-refractivity contribution in [3.8, 4) is 11.3 Å². The van der Waals surface area contributed by atoms with Gasteiger partial charge in [0.05, 0.1) is 18.6 Å². The summed E-state index contributed by atoms with van der Waals surface area (Å²) in [6.45, 7) is 0. The fraction of sp³-hybridized carbons (Fsp3) is 0.0952. The lowest BCUT2D eigenvalue weighted by Gasteiger charge is -2.04. The normalized spacial score (nSPS) is 10.9. The molecule has 6 heteroatoms. The molecule has 0 aliphatic rings. The monoisotopic (exact) mass is 376 g/mol. The van der Waals surface area contributed by atoms with Gasteiger partial charge in [0.1, 0.15) is 10.8 Å². The highest BCUT2D eigenvalue weighted by Crippen LogP contribution is 2.26. The average Bonchev–Trinajstić information content (AvgIpc) is 3.21. The molecular weight excluding hydrogens is 360 g/mol. The van der Waals surface area contributed by atoms with Crippen molar-refractivity contribution >= 4 is 28.5 Å². The third-order valence-corrected chi connectivity index (χ3v) is 5.04. The summed E-state index contributed by atoms with van der Waals surface area (Å²) in [7, 11) is 1.33. The number of furan rings is 1. The van der Waals surface area contributed by atoms with Crippen molar-refractivity contribution in [3.63, 3.8) is 0 Å². The predicted molar refractivity (Wildman–Crippen MR) is 105 cm³/mol. The second-order valence-corrected chi connectivity index (χ2v) is 6.86. The van der Waals surface area contributed by atoms with Crippen LogP contribution in [0.2, 0.25) is 0 Å². The molecule has 0 radical (unpaired) electrons. The molecule has 2 heterocycles. The standard InChI is InChI=1S/C21H16N2O3S/c1-25-21(24)19-10-8-17(26-19)13-27-20-11-9-18(22-23-20)16-7-6-14-4-2-3-5-15(14)12-16/h2-12H,13H2,1H3. The van der Waals surface area contributed by atoms with Gasteiger partial charge in [-0.3, -0.25) is 0 Å². The number of hydrogen-bond acceptors (Lipinski definition) is 6. The maximum atomic E-state index is 11.4. The second-order valence-electron chi connectivity index (χ2n) is 5.86. The van der Waals surface area contributed by atoms with E-state index in [0.717, 1.165) is 16.3 Å². The maximum Gasteiger partial charge on any atom is 0.373 e. The number of methoxy groups -OCH3 is 1. The first-order valence-electron chi connectivity index (χ1n) is 8.36. The maximum absolute atomic E-state index is 11.4. The lowest BCUT2D eigenvalue weighted by atomic mass is 10.1. The molecule has 0 amide bonds. The van der Waals surface area contributed by atoms with Gasteiger partial charge >= 0.3 is 5.97 Å². The van der Waals surface area contributed by atoms with Crippen molar-refractivity contribution in [1.82, 2.24) is 10.2 Å². The van der Waals surface area contributed by atoms with Crippen molar-refractivity contribution in [2.45, 2.75) is 10.8 Å². The lowest BCUT2D eigenvalue weighted by Crippen LogP contribution is -1.98. The number of esters is 1. The zero-order chi connectivity index (χ0) is 18.6. The number of thioether (sulfide) groups is 1. The molecule has 0 bridgehead atoms. The van der Waals surface area contributed by atoms with Crippen LogP contribution in [-0.2, 0) is 10.5 Å². The minimum absolute atomic E-state index is 0.200. The van der Waals surface area contributed by atoms with Crippen LogP contribution in [0, 0.1) is 0 Å². The fourth-order valence-corrected chi connectivity index (χ4v) is 3.42. The van der Waals surface area contributed by atoms with Gasteiger partial charge in [0, 0.05) is 5.56 Å². The highest BCUT2D eigenvalue weighted by molar-refractivity contribution is 7.98. The van der Waals surface area contributed by atoms with Crippen molar-refractivity contribution in [2.75, 3.05) is 7.11 Å². The first kappa shape index (κ1) is 17.3. The SMILES string of the molecule is COC(=O)c1ccc(CSc2ccc(-c3ccc4ccccc4c3)nn2)o1. The zero-order valence-electron chi connectivity index (χ0n) is 14.6. The van der Waals surface area contributed by atoms with E-state index in [2.05, 4.69) is 45.3 Å². The van der Waals surface area contributed by atoms with E-state index in [-0.39, 0.29) is 5.76 Å². The number of nitrogens with zero attached hydrogens (tertiary/aromatic N) is 2. The molecule has 134 valence electrons. The summed E-state index contributed by atoms with van der Waals surface area (Å²) in [5.41, 5.74) is 1.86. The number of benzene rings is 2. The topological polar surface area (TPSA) is 65.2 Å². The molecule has 0 spiro atoms.